The number of benzene rings is 1. The number of hydrogen-bond acceptors (Lipinski definition) is 3. The van der Waals surface area contributed by atoms with Gasteiger partial charge in [-0.3, -0.25) is 4.79 Å². The molecule has 0 radical (unpaired) electrons. The molecule has 2 fully saturated rings. The number of carbonyl (C=O) groups is 1. The third kappa shape index (κ3) is 2.16. The van der Waals surface area contributed by atoms with E-state index in [2.05, 4.69) is 5.32 Å². The molecule has 2 unspecified atom stereocenters. The molecular formula is C15H18N2O2S. The lowest BCUT2D eigenvalue weighted by molar-refractivity contribution is -0.118. The molecule has 2 aliphatic rings. The van der Waals surface area contributed by atoms with Gasteiger partial charge in [-0.05, 0) is 36.8 Å². The van der Waals surface area contributed by atoms with E-state index in [9.17, 15) is 4.79 Å². The summed E-state index contributed by atoms with van der Waals surface area (Å²) in [7, 11) is 1.57. The zero-order chi connectivity index (χ0) is 14.3. The van der Waals surface area contributed by atoms with E-state index in [1.807, 2.05) is 6.07 Å². The minimum Gasteiger partial charge on any atom is -0.495 e. The quantitative estimate of drug-likeness (QED) is 0.835. The summed E-state index contributed by atoms with van der Waals surface area (Å²) in [4.78, 5) is 12.6. The highest BCUT2D eigenvalue weighted by Crippen LogP contribution is 2.57. The smallest absolute Gasteiger partial charge is 0.228 e. The van der Waals surface area contributed by atoms with Crippen LogP contribution in [0.5, 0.6) is 5.75 Å². The zero-order valence-electron chi connectivity index (χ0n) is 11.4. The first kappa shape index (κ1) is 13.4. The van der Waals surface area contributed by atoms with Gasteiger partial charge in [0, 0.05) is 11.5 Å². The molecule has 3 N–H and O–H groups in total. The lowest BCUT2D eigenvalue weighted by Gasteiger charge is -2.14. The van der Waals surface area contributed by atoms with Crippen molar-refractivity contribution in [2.45, 2.75) is 19.3 Å². The van der Waals surface area contributed by atoms with Gasteiger partial charge in [0.25, 0.3) is 0 Å². The predicted molar refractivity (Wildman–Crippen MR) is 81.8 cm³/mol. The molecule has 2 saturated carbocycles. The van der Waals surface area contributed by atoms with Gasteiger partial charge in [0.05, 0.1) is 12.8 Å². The fraction of sp³-hybridized carbons (Fsp3) is 0.467. The fourth-order valence-corrected chi connectivity index (χ4v) is 3.62. The molecule has 0 heterocycles. The molecule has 0 aromatic heterocycles. The van der Waals surface area contributed by atoms with E-state index in [-0.39, 0.29) is 16.8 Å². The first-order chi connectivity index (χ1) is 9.63. The number of ether oxygens (including phenoxy) is 1. The number of nitrogens with two attached hydrogens (primary N) is 1. The largest absolute Gasteiger partial charge is 0.495 e. The summed E-state index contributed by atoms with van der Waals surface area (Å²) in [6.45, 7) is 0. The molecular weight excluding hydrogens is 272 g/mol. The molecule has 20 heavy (non-hydrogen) atoms. The summed E-state index contributed by atoms with van der Waals surface area (Å²) in [6, 6.07) is 5.41. The highest BCUT2D eigenvalue weighted by atomic mass is 32.1. The summed E-state index contributed by atoms with van der Waals surface area (Å²) >= 11 is 5.04. The van der Waals surface area contributed by atoms with Gasteiger partial charge in [-0.25, -0.2) is 0 Å². The molecule has 106 valence electrons. The third-order valence-electron chi connectivity index (χ3n) is 4.47. The molecule has 2 aliphatic carbocycles. The van der Waals surface area contributed by atoms with Crippen LogP contribution in [0, 0.1) is 17.8 Å². The molecule has 1 aromatic carbocycles. The SMILES string of the molecule is COc1cccc(C(N)=S)c1NC(=O)C1C2CCCC21. The van der Waals surface area contributed by atoms with Crippen molar-refractivity contribution in [3.63, 3.8) is 0 Å². The maximum absolute atomic E-state index is 12.4. The lowest BCUT2D eigenvalue weighted by Crippen LogP contribution is -2.21. The van der Waals surface area contributed by atoms with Crippen LogP contribution in [0.25, 0.3) is 0 Å². The highest BCUT2D eigenvalue weighted by molar-refractivity contribution is 7.80. The third-order valence-corrected chi connectivity index (χ3v) is 4.69. The Balaban J connectivity index is 1.82. The maximum Gasteiger partial charge on any atom is 0.228 e. The van der Waals surface area contributed by atoms with Gasteiger partial charge in [0.15, 0.2) is 0 Å². The average molecular weight is 290 g/mol. The number of methoxy groups -OCH3 is 1. The first-order valence-corrected chi connectivity index (χ1v) is 7.32. The molecule has 0 aliphatic heterocycles. The van der Waals surface area contributed by atoms with Crippen LogP contribution in [0.15, 0.2) is 18.2 Å². The van der Waals surface area contributed by atoms with Gasteiger partial charge >= 0.3 is 0 Å². The summed E-state index contributed by atoms with van der Waals surface area (Å²) in [5.41, 5.74) is 6.97. The van der Waals surface area contributed by atoms with Crippen LogP contribution in [0.1, 0.15) is 24.8 Å². The molecule has 1 aromatic rings. The molecule has 0 bridgehead atoms. The molecule has 0 saturated heterocycles. The van der Waals surface area contributed by atoms with Crippen molar-refractivity contribution < 1.29 is 9.53 Å². The second-order valence-electron chi connectivity index (χ2n) is 5.52. The number of thiocarbonyl (C=S) groups is 1. The van der Waals surface area contributed by atoms with E-state index in [4.69, 9.17) is 22.7 Å². The molecule has 5 heteroatoms. The van der Waals surface area contributed by atoms with Crippen LogP contribution in [0.3, 0.4) is 0 Å². The van der Waals surface area contributed by atoms with Crippen LogP contribution >= 0.6 is 12.2 Å². The van der Waals surface area contributed by atoms with Crippen LogP contribution < -0.4 is 15.8 Å². The number of rotatable bonds is 4. The van der Waals surface area contributed by atoms with Crippen LogP contribution in [0.4, 0.5) is 5.69 Å². The summed E-state index contributed by atoms with van der Waals surface area (Å²) in [5.74, 6) is 1.99. The van der Waals surface area contributed by atoms with Crippen LogP contribution in [-0.2, 0) is 4.79 Å². The Bertz CT molecular complexity index is 563. The topological polar surface area (TPSA) is 64.3 Å². The van der Waals surface area contributed by atoms with Crippen LogP contribution in [-0.4, -0.2) is 18.0 Å². The highest BCUT2D eigenvalue weighted by Gasteiger charge is 2.56. The Kier molecular flexibility index (Phi) is 3.38. The van der Waals surface area contributed by atoms with E-state index in [0.29, 0.717) is 28.8 Å². The lowest BCUT2D eigenvalue weighted by atomic mass is 10.1. The molecule has 4 nitrogen and oxygen atoms in total. The molecule has 0 spiro atoms. The average Bonchev–Trinajstić information content (AvgIpc) is 2.92. The van der Waals surface area contributed by atoms with Gasteiger partial charge in [0.1, 0.15) is 10.7 Å². The standard InChI is InChI=1S/C15H18N2O2S/c1-19-11-7-3-6-10(14(16)20)13(11)17-15(18)12-8-4-2-5-9(8)12/h3,6-9,12H,2,4-5H2,1H3,(H2,16,20)(H,17,18). The van der Waals surface area contributed by atoms with Gasteiger partial charge < -0.3 is 15.8 Å². The second-order valence-corrected chi connectivity index (χ2v) is 5.96. The first-order valence-electron chi connectivity index (χ1n) is 6.91. The Labute approximate surface area is 123 Å². The van der Waals surface area contributed by atoms with E-state index in [1.54, 1.807) is 19.2 Å². The Morgan fingerprint density at radius 2 is 2.10 bits per heavy atom. The second kappa shape index (κ2) is 5.05. The van der Waals surface area contributed by atoms with Crippen LogP contribution in [0.2, 0.25) is 0 Å². The summed E-state index contributed by atoms with van der Waals surface area (Å²) < 4.78 is 5.30. The fourth-order valence-electron chi connectivity index (χ4n) is 3.45. The number of para-hydroxylation sites is 1. The number of anilines is 1. The van der Waals surface area contributed by atoms with Gasteiger partial charge in [-0.1, -0.05) is 24.7 Å². The number of carbonyl (C=O) groups excluding carboxylic acids is 1. The van der Waals surface area contributed by atoms with Gasteiger partial charge in [-0.15, -0.1) is 0 Å². The zero-order valence-corrected chi connectivity index (χ0v) is 12.2. The normalized spacial score (nSPS) is 26.8. The summed E-state index contributed by atoms with van der Waals surface area (Å²) in [5, 5.41) is 2.97. The summed E-state index contributed by atoms with van der Waals surface area (Å²) in [6.07, 6.45) is 3.61. The number of fused-ring (bicyclic) bond motifs is 1. The Morgan fingerprint density at radius 1 is 1.40 bits per heavy atom. The maximum atomic E-state index is 12.4. The van der Waals surface area contributed by atoms with E-state index in [0.717, 1.165) is 0 Å². The van der Waals surface area contributed by atoms with E-state index < -0.39 is 0 Å². The number of amides is 1. The number of nitrogens with one attached hydrogen (secondary N) is 1. The molecule has 2 atom stereocenters. The van der Waals surface area contributed by atoms with Crippen molar-refractivity contribution in [3.8, 4) is 5.75 Å². The van der Waals surface area contributed by atoms with Gasteiger partial charge in [-0.2, -0.15) is 0 Å². The minimum absolute atomic E-state index is 0.0710. The minimum atomic E-state index is 0.0710. The Morgan fingerprint density at radius 3 is 2.70 bits per heavy atom. The molecule has 3 rings (SSSR count). The van der Waals surface area contributed by atoms with Crippen molar-refractivity contribution in [2.75, 3.05) is 12.4 Å². The molecule has 1 amide bonds. The predicted octanol–water partition coefficient (Wildman–Crippen LogP) is 2.31. The monoisotopic (exact) mass is 290 g/mol. The van der Waals surface area contributed by atoms with Crippen molar-refractivity contribution in [2.24, 2.45) is 23.5 Å². The van der Waals surface area contributed by atoms with Crippen molar-refractivity contribution in [1.29, 1.82) is 0 Å². The van der Waals surface area contributed by atoms with E-state index >= 15 is 0 Å². The Hall–Kier alpha value is -1.62. The van der Waals surface area contributed by atoms with E-state index in [1.165, 1.54) is 19.3 Å². The van der Waals surface area contributed by atoms with Gasteiger partial charge in [0.2, 0.25) is 5.91 Å². The van der Waals surface area contributed by atoms with Crippen molar-refractivity contribution in [1.82, 2.24) is 0 Å². The van der Waals surface area contributed by atoms with Crippen molar-refractivity contribution in [3.05, 3.63) is 23.8 Å². The number of hydrogen-bond donors (Lipinski definition) is 2. The van der Waals surface area contributed by atoms with Crippen molar-refractivity contribution >= 4 is 28.8 Å².